The first-order valence-corrected chi connectivity index (χ1v) is 7.66. The minimum absolute atomic E-state index is 0.0299. The number of carbonyl (C=O) groups is 3. The molecule has 0 saturated carbocycles. The van der Waals surface area contributed by atoms with Crippen molar-refractivity contribution in [1.29, 1.82) is 0 Å². The van der Waals surface area contributed by atoms with Gasteiger partial charge in [-0.3, -0.25) is 4.79 Å². The van der Waals surface area contributed by atoms with Gasteiger partial charge in [0.1, 0.15) is 0 Å². The molecule has 5 nitrogen and oxygen atoms in total. The molecule has 0 bridgehead atoms. The molecule has 122 valence electrons. The molecule has 4 rings (SSSR count). The minimum atomic E-state index is -1.07. The number of ketones is 1. The standard InChI is InChI=1S/C20H12O5/c21-14-4-3-10-6-16-15-8-12(19(22)23)2-1-11(15)7-18(20(24)25)17(16)9-13(10)5-14/h1-3,5-9H,4H2,(H,22,23)(H,24,25). The van der Waals surface area contributed by atoms with Crippen molar-refractivity contribution in [1.82, 2.24) is 0 Å². The molecule has 25 heavy (non-hydrogen) atoms. The summed E-state index contributed by atoms with van der Waals surface area (Å²) >= 11 is 0. The van der Waals surface area contributed by atoms with Crippen molar-refractivity contribution < 1.29 is 24.6 Å². The van der Waals surface area contributed by atoms with Crippen molar-refractivity contribution in [2.75, 3.05) is 0 Å². The van der Waals surface area contributed by atoms with Crippen molar-refractivity contribution in [2.24, 2.45) is 0 Å². The van der Waals surface area contributed by atoms with Crippen molar-refractivity contribution >= 4 is 51.4 Å². The molecule has 0 radical (unpaired) electrons. The summed E-state index contributed by atoms with van der Waals surface area (Å²) in [5.74, 6) is -2.14. The van der Waals surface area contributed by atoms with Gasteiger partial charge in [0.25, 0.3) is 0 Å². The fourth-order valence-corrected chi connectivity index (χ4v) is 3.28. The first kappa shape index (κ1) is 15.1. The van der Waals surface area contributed by atoms with Crippen LogP contribution in [0.25, 0.3) is 33.7 Å². The van der Waals surface area contributed by atoms with Crippen LogP contribution >= 0.6 is 0 Å². The van der Waals surface area contributed by atoms with Gasteiger partial charge in [-0.1, -0.05) is 12.1 Å². The predicted octanol–water partition coefficient (Wildman–Crippen LogP) is 1.92. The normalized spacial score (nSPS) is 13.2. The molecule has 0 saturated heterocycles. The second-order valence-corrected chi connectivity index (χ2v) is 6.02. The third-order valence-corrected chi connectivity index (χ3v) is 4.47. The van der Waals surface area contributed by atoms with Crippen LogP contribution in [0.1, 0.15) is 27.1 Å². The number of hydrogen-bond donors (Lipinski definition) is 2. The van der Waals surface area contributed by atoms with E-state index >= 15 is 0 Å². The number of fused-ring (bicyclic) bond motifs is 4. The maximum absolute atomic E-state index is 11.7. The van der Waals surface area contributed by atoms with Crippen LogP contribution in [-0.4, -0.2) is 27.9 Å². The first-order chi connectivity index (χ1) is 11.9. The summed E-state index contributed by atoms with van der Waals surface area (Å²) in [6, 6.07) is 9.67. The van der Waals surface area contributed by atoms with E-state index in [1.54, 1.807) is 24.3 Å². The fourth-order valence-electron chi connectivity index (χ4n) is 3.28. The Morgan fingerprint density at radius 3 is 2.32 bits per heavy atom. The molecule has 3 aromatic carbocycles. The van der Waals surface area contributed by atoms with Gasteiger partial charge in [-0.2, -0.15) is 0 Å². The molecule has 0 amide bonds. The molecule has 5 heteroatoms. The van der Waals surface area contributed by atoms with Crippen LogP contribution in [0.2, 0.25) is 0 Å². The highest BCUT2D eigenvalue weighted by molar-refractivity contribution is 6.17. The van der Waals surface area contributed by atoms with Crippen molar-refractivity contribution in [3.8, 4) is 0 Å². The molecule has 3 aromatic rings. The van der Waals surface area contributed by atoms with Gasteiger partial charge in [0, 0.05) is 6.42 Å². The average Bonchev–Trinajstić information content (AvgIpc) is 2.58. The minimum Gasteiger partial charge on any atom is -0.478 e. The molecule has 1 aliphatic rings. The van der Waals surface area contributed by atoms with E-state index < -0.39 is 11.9 Å². The van der Waals surface area contributed by atoms with Gasteiger partial charge in [-0.05, 0) is 68.4 Å². The Morgan fingerprint density at radius 2 is 1.60 bits per heavy atom. The zero-order valence-electron chi connectivity index (χ0n) is 12.9. The summed E-state index contributed by atoms with van der Waals surface area (Å²) in [5, 5.41) is 22.8. The molecule has 0 fully saturated rings. The third-order valence-electron chi connectivity index (χ3n) is 4.47. The SMILES string of the molecule is O=C1C=c2cc3c(C(=O)O)cc4ccc(C(=O)O)cc4c3cc2=CC1. The van der Waals surface area contributed by atoms with Crippen molar-refractivity contribution in [3.63, 3.8) is 0 Å². The number of benzene rings is 3. The molecule has 0 heterocycles. The van der Waals surface area contributed by atoms with Gasteiger partial charge in [0.15, 0.2) is 5.78 Å². The van der Waals surface area contributed by atoms with Gasteiger partial charge in [-0.25, -0.2) is 9.59 Å². The Hall–Kier alpha value is -3.47. The molecule has 0 unspecified atom stereocenters. The van der Waals surface area contributed by atoms with Gasteiger partial charge >= 0.3 is 11.9 Å². The zero-order chi connectivity index (χ0) is 17.7. The highest BCUT2D eigenvalue weighted by Crippen LogP contribution is 2.28. The van der Waals surface area contributed by atoms with E-state index in [-0.39, 0.29) is 16.9 Å². The van der Waals surface area contributed by atoms with Crippen LogP contribution in [0.3, 0.4) is 0 Å². The van der Waals surface area contributed by atoms with Crippen LogP contribution in [0.4, 0.5) is 0 Å². The second kappa shape index (κ2) is 5.27. The molecular weight excluding hydrogens is 320 g/mol. The second-order valence-electron chi connectivity index (χ2n) is 6.02. The highest BCUT2D eigenvalue weighted by atomic mass is 16.4. The molecule has 1 aliphatic carbocycles. The largest absolute Gasteiger partial charge is 0.478 e. The maximum Gasteiger partial charge on any atom is 0.336 e. The highest BCUT2D eigenvalue weighted by Gasteiger charge is 2.15. The lowest BCUT2D eigenvalue weighted by Crippen LogP contribution is -2.29. The Bertz CT molecular complexity index is 1230. The first-order valence-electron chi connectivity index (χ1n) is 7.66. The molecule has 0 atom stereocenters. The van der Waals surface area contributed by atoms with Gasteiger partial charge in [-0.15, -0.1) is 0 Å². The third kappa shape index (κ3) is 2.37. The number of carbonyl (C=O) groups excluding carboxylic acids is 1. The summed E-state index contributed by atoms with van der Waals surface area (Å²) in [6.45, 7) is 0. The summed E-state index contributed by atoms with van der Waals surface area (Å²) in [6.07, 6.45) is 3.62. The van der Waals surface area contributed by atoms with Crippen LogP contribution < -0.4 is 10.4 Å². The molecule has 0 spiro atoms. The number of carboxylic acids is 2. The van der Waals surface area contributed by atoms with E-state index in [4.69, 9.17) is 0 Å². The molecule has 2 N–H and O–H groups in total. The van der Waals surface area contributed by atoms with Crippen molar-refractivity contribution in [3.05, 3.63) is 58.0 Å². The fraction of sp³-hybridized carbons (Fsp3) is 0.0500. The number of carboxylic acid groups (broad SMARTS) is 2. The van der Waals surface area contributed by atoms with Gasteiger partial charge in [0.2, 0.25) is 0 Å². The number of rotatable bonds is 2. The Labute approximate surface area is 141 Å². The number of aromatic carboxylic acids is 2. The molecule has 0 aromatic heterocycles. The topological polar surface area (TPSA) is 91.7 Å². The van der Waals surface area contributed by atoms with Gasteiger partial charge in [0.05, 0.1) is 11.1 Å². The lowest BCUT2D eigenvalue weighted by atomic mass is 9.93. The van der Waals surface area contributed by atoms with E-state index in [2.05, 4.69) is 0 Å². The Balaban J connectivity index is 2.24. The Kier molecular flexibility index (Phi) is 3.18. The average molecular weight is 332 g/mol. The quantitative estimate of drug-likeness (QED) is 0.700. The molecule has 0 aliphatic heterocycles. The zero-order valence-corrected chi connectivity index (χ0v) is 12.9. The van der Waals surface area contributed by atoms with Crippen LogP contribution in [0.5, 0.6) is 0 Å². The molecular formula is C20H12O5. The van der Waals surface area contributed by atoms with E-state index in [1.807, 2.05) is 6.07 Å². The van der Waals surface area contributed by atoms with E-state index in [9.17, 15) is 24.6 Å². The lowest BCUT2D eigenvalue weighted by molar-refractivity contribution is -0.112. The monoisotopic (exact) mass is 332 g/mol. The number of Topliss-reactive ketones (excluding diaryl/α,β-unsaturated/α-hetero) is 1. The predicted molar refractivity (Wildman–Crippen MR) is 93.2 cm³/mol. The summed E-state index contributed by atoms with van der Waals surface area (Å²) in [5.41, 5.74) is 0.264. The van der Waals surface area contributed by atoms with Crippen LogP contribution in [-0.2, 0) is 4.79 Å². The summed E-state index contributed by atoms with van der Waals surface area (Å²) < 4.78 is 0. The summed E-state index contributed by atoms with van der Waals surface area (Å²) in [7, 11) is 0. The Morgan fingerprint density at radius 1 is 0.840 bits per heavy atom. The van der Waals surface area contributed by atoms with Gasteiger partial charge < -0.3 is 10.2 Å². The van der Waals surface area contributed by atoms with Crippen LogP contribution in [0.15, 0.2) is 36.4 Å². The maximum atomic E-state index is 11.7. The van der Waals surface area contributed by atoms with E-state index in [1.165, 1.54) is 18.2 Å². The lowest BCUT2D eigenvalue weighted by Gasteiger charge is -2.10. The van der Waals surface area contributed by atoms with Crippen LogP contribution in [0, 0.1) is 0 Å². The van der Waals surface area contributed by atoms with E-state index in [0.717, 1.165) is 5.22 Å². The smallest absolute Gasteiger partial charge is 0.336 e. The van der Waals surface area contributed by atoms with Crippen molar-refractivity contribution in [2.45, 2.75) is 6.42 Å². The number of hydrogen-bond acceptors (Lipinski definition) is 3. The van der Waals surface area contributed by atoms with E-state index in [0.29, 0.717) is 33.2 Å². The summed E-state index contributed by atoms with van der Waals surface area (Å²) in [4.78, 5) is 34.6.